The third-order valence-corrected chi connectivity index (χ3v) is 0.0556. The molecule has 0 atom stereocenters. The molecule has 46 valence electrons. The maximum Gasteiger partial charge on any atom is 0.631 e. The molecule has 0 aromatic heterocycles. The van der Waals surface area contributed by atoms with E-state index >= 15 is 0 Å². The Morgan fingerprint density at radius 3 is 1.12 bits per heavy atom. The summed E-state index contributed by atoms with van der Waals surface area (Å²) in [5.74, 6) is 0. The van der Waals surface area contributed by atoms with Gasteiger partial charge in [-0.3, -0.25) is 9.59 Å². The lowest BCUT2D eigenvalue weighted by molar-refractivity contribution is -0.122. The first-order chi connectivity index (χ1) is 3.65. The van der Waals surface area contributed by atoms with Gasteiger partial charge in [-0.05, 0) is 0 Å². The van der Waals surface area contributed by atoms with Crippen LogP contribution in [0.15, 0.2) is 0 Å². The quantitative estimate of drug-likeness (QED) is 0.199. The minimum absolute atomic E-state index is 0.194. The maximum absolute atomic E-state index is 8.81. The van der Waals surface area contributed by atoms with Crippen molar-refractivity contribution in [3.05, 3.63) is 0 Å². The number of hydrogen-bond donors (Lipinski definition) is 3. The molecule has 0 bridgehead atoms. The fourth-order valence-corrected chi connectivity index (χ4v) is 0. The van der Waals surface area contributed by atoms with Crippen LogP contribution in [-0.4, -0.2) is 35.0 Å². The van der Waals surface area contributed by atoms with Gasteiger partial charge < -0.3 is 15.1 Å². The lowest BCUT2D eigenvalue weighted by Crippen LogP contribution is -2.07. The van der Waals surface area contributed by atoms with Gasteiger partial charge in [0.2, 0.25) is 0 Å². The molecule has 0 spiro atoms. The number of carbonyl (C=O) groups is 2. The summed E-state index contributed by atoms with van der Waals surface area (Å²) in [6.45, 7) is 0. The highest BCUT2D eigenvalue weighted by molar-refractivity contribution is 6.30. The van der Waals surface area contributed by atoms with E-state index in [9.17, 15) is 0 Å². The third kappa shape index (κ3) is 1200. The summed E-state index contributed by atoms with van der Waals surface area (Å²) < 4.78 is 0. The summed E-state index contributed by atoms with van der Waals surface area (Å²) in [7, 11) is -2.17. The normalized spacial score (nSPS) is 5.88. The van der Waals surface area contributed by atoms with E-state index in [1.807, 2.05) is 0 Å². The van der Waals surface area contributed by atoms with Crippen molar-refractivity contribution in [1.82, 2.24) is 0 Å². The highest BCUT2D eigenvalue weighted by Gasteiger charge is 1.92. The average molecular weight is 120 g/mol. The molecule has 0 heterocycles. The van der Waals surface area contributed by atoms with Crippen LogP contribution < -0.4 is 0 Å². The first-order valence-corrected chi connectivity index (χ1v) is 1.58. The van der Waals surface area contributed by atoms with Crippen molar-refractivity contribution in [3.8, 4) is 0 Å². The summed E-state index contributed by atoms with van der Waals surface area (Å²) in [5.41, 5.74) is 0. The minimum Gasteiger partial charge on any atom is -0.402 e. The van der Waals surface area contributed by atoms with E-state index in [0.717, 1.165) is 0 Å². The van der Waals surface area contributed by atoms with Crippen LogP contribution in [0.3, 0.4) is 0 Å². The lowest BCUT2D eigenvalue weighted by atomic mass is 10.3. The molecule has 3 N–H and O–H groups in total. The topological polar surface area (TPSA) is 94.8 Å². The van der Waals surface area contributed by atoms with E-state index in [1.54, 1.807) is 0 Å². The van der Waals surface area contributed by atoms with Gasteiger partial charge in [-0.25, -0.2) is 0 Å². The lowest BCUT2D eigenvalue weighted by Gasteiger charge is -1.69. The molecule has 0 aliphatic carbocycles. The van der Waals surface area contributed by atoms with E-state index < -0.39 is 7.32 Å². The molecule has 0 saturated carbocycles. The summed E-state index contributed by atoms with van der Waals surface area (Å²) in [6, 6.07) is 0. The molecular formula is C2H5BO5. The first-order valence-electron chi connectivity index (χ1n) is 1.58. The van der Waals surface area contributed by atoms with Crippen molar-refractivity contribution in [1.29, 1.82) is 0 Å². The molecule has 0 aliphatic rings. The molecule has 0 rings (SSSR count). The Balaban J connectivity index is 0. The molecule has 0 amide bonds. The van der Waals surface area contributed by atoms with Gasteiger partial charge in [0.15, 0.2) is 12.6 Å². The van der Waals surface area contributed by atoms with Crippen LogP contribution in [0.2, 0.25) is 0 Å². The minimum atomic E-state index is -2.17. The van der Waals surface area contributed by atoms with Crippen molar-refractivity contribution >= 4 is 19.9 Å². The summed E-state index contributed by atoms with van der Waals surface area (Å²) >= 11 is 0. The molecule has 5 nitrogen and oxygen atoms in total. The zero-order valence-corrected chi connectivity index (χ0v) is 3.89. The Morgan fingerprint density at radius 1 is 1.00 bits per heavy atom. The van der Waals surface area contributed by atoms with Crippen molar-refractivity contribution in [3.63, 3.8) is 0 Å². The van der Waals surface area contributed by atoms with Crippen LogP contribution in [0.25, 0.3) is 0 Å². The van der Waals surface area contributed by atoms with E-state index in [-0.39, 0.29) is 12.6 Å². The maximum atomic E-state index is 8.81. The molecule has 0 aromatic rings. The Hall–Kier alpha value is -0.715. The van der Waals surface area contributed by atoms with E-state index in [4.69, 9.17) is 24.7 Å². The second-order valence-corrected chi connectivity index (χ2v) is 0.619. The fourth-order valence-electron chi connectivity index (χ4n) is 0. The second kappa shape index (κ2) is 9.56. The van der Waals surface area contributed by atoms with Crippen molar-refractivity contribution in [2.45, 2.75) is 0 Å². The van der Waals surface area contributed by atoms with Gasteiger partial charge in [-0.1, -0.05) is 0 Å². The molecule has 0 radical (unpaired) electrons. The first kappa shape index (κ1) is 10.3. The Labute approximate surface area is 45.7 Å². The zero-order valence-electron chi connectivity index (χ0n) is 3.89. The van der Waals surface area contributed by atoms with E-state index in [1.165, 1.54) is 0 Å². The number of rotatable bonds is 1. The van der Waals surface area contributed by atoms with Gasteiger partial charge in [0, 0.05) is 0 Å². The fraction of sp³-hybridized carbons (Fsp3) is 0. The van der Waals surface area contributed by atoms with Gasteiger partial charge in [0.1, 0.15) is 0 Å². The van der Waals surface area contributed by atoms with Gasteiger partial charge in [0.25, 0.3) is 0 Å². The van der Waals surface area contributed by atoms with E-state index in [2.05, 4.69) is 0 Å². The monoisotopic (exact) mass is 120 g/mol. The highest BCUT2D eigenvalue weighted by atomic mass is 16.5. The van der Waals surface area contributed by atoms with Gasteiger partial charge in [-0.2, -0.15) is 0 Å². The van der Waals surface area contributed by atoms with Gasteiger partial charge >= 0.3 is 7.32 Å². The summed E-state index contributed by atoms with van der Waals surface area (Å²) in [4.78, 5) is 17.6. The summed E-state index contributed by atoms with van der Waals surface area (Å²) in [5, 5.41) is 21.5. The number of carbonyl (C=O) groups excluding carboxylic acids is 2. The largest absolute Gasteiger partial charge is 0.631 e. The van der Waals surface area contributed by atoms with Crippen molar-refractivity contribution < 1.29 is 24.7 Å². The molecular weight excluding hydrogens is 115 g/mol. The Kier molecular flexibility index (Phi) is 12.3. The Bertz CT molecular complexity index is 52.7. The Morgan fingerprint density at radius 2 is 1.12 bits per heavy atom. The van der Waals surface area contributed by atoms with Crippen LogP contribution in [0.5, 0.6) is 0 Å². The van der Waals surface area contributed by atoms with Crippen LogP contribution in [-0.2, 0) is 9.59 Å². The molecule has 0 aromatic carbocycles. The molecule has 0 fully saturated rings. The smallest absolute Gasteiger partial charge is 0.402 e. The molecule has 0 saturated heterocycles. The average Bonchev–Trinajstić information content (AvgIpc) is 1.65. The molecule has 0 unspecified atom stereocenters. The van der Waals surface area contributed by atoms with E-state index in [0.29, 0.717) is 0 Å². The standard InChI is InChI=1S/C2H2O2.BH3O3/c3-1-2-4;2-1(3)4/h1-2H;2-4H. The number of hydrogen-bond acceptors (Lipinski definition) is 5. The van der Waals surface area contributed by atoms with Crippen LogP contribution in [0.4, 0.5) is 0 Å². The molecule has 6 heteroatoms. The van der Waals surface area contributed by atoms with Crippen molar-refractivity contribution in [2.24, 2.45) is 0 Å². The highest BCUT2D eigenvalue weighted by Crippen LogP contribution is 1.40. The van der Waals surface area contributed by atoms with Crippen LogP contribution in [0, 0.1) is 0 Å². The van der Waals surface area contributed by atoms with Crippen molar-refractivity contribution in [2.75, 3.05) is 0 Å². The predicted molar refractivity (Wildman–Crippen MR) is 24.5 cm³/mol. The zero-order chi connectivity index (χ0) is 6.99. The molecule has 8 heavy (non-hydrogen) atoms. The van der Waals surface area contributed by atoms with Crippen LogP contribution >= 0.6 is 0 Å². The number of aldehydes is 2. The third-order valence-electron chi connectivity index (χ3n) is 0.0556. The predicted octanol–water partition coefficient (Wildman–Crippen LogP) is -2.67. The SMILES string of the molecule is O=CC=O.OB(O)O. The van der Waals surface area contributed by atoms with Crippen LogP contribution in [0.1, 0.15) is 0 Å². The van der Waals surface area contributed by atoms with Gasteiger partial charge in [-0.15, -0.1) is 0 Å². The molecule has 0 aliphatic heterocycles. The second-order valence-electron chi connectivity index (χ2n) is 0.619. The summed E-state index contributed by atoms with van der Waals surface area (Å²) in [6.07, 6.45) is 0.389. The van der Waals surface area contributed by atoms with Gasteiger partial charge in [0.05, 0.1) is 0 Å².